The number of nitrogens with one attached hydrogen (secondary N) is 1. The molecule has 0 aliphatic carbocycles. The molecule has 2 nitrogen and oxygen atoms in total. The maximum Gasteiger partial charge on any atom is 0.0220 e. The zero-order chi connectivity index (χ0) is 12.7. The van der Waals surface area contributed by atoms with Crippen molar-refractivity contribution >= 4 is 0 Å². The van der Waals surface area contributed by atoms with E-state index < -0.39 is 0 Å². The lowest BCUT2D eigenvalue weighted by Crippen LogP contribution is -2.46. The minimum Gasteiger partial charge on any atom is -0.315 e. The highest BCUT2D eigenvalue weighted by atomic mass is 15.2. The van der Waals surface area contributed by atoms with Gasteiger partial charge in [-0.15, -0.1) is 0 Å². The van der Waals surface area contributed by atoms with Crippen LogP contribution in [0.3, 0.4) is 0 Å². The highest BCUT2D eigenvalue weighted by Crippen LogP contribution is 2.22. The van der Waals surface area contributed by atoms with Gasteiger partial charge < -0.3 is 5.32 Å². The van der Waals surface area contributed by atoms with E-state index in [4.69, 9.17) is 0 Å². The monoisotopic (exact) mass is 240 g/mol. The predicted molar refractivity (Wildman–Crippen MR) is 76.4 cm³/mol. The molecule has 1 saturated heterocycles. The number of piperidine rings is 1. The zero-order valence-corrected chi connectivity index (χ0v) is 12.4. The van der Waals surface area contributed by atoms with Crippen LogP contribution >= 0.6 is 0 Å². The Morgan fingerprint density at radius 3 is 2.65 bits per heavy atom. The lowest BCUT2D eigenvalue weighted by molar-refractivity contribution is 0.128. The number of likely N-dealkylation sites (tertiary alicyclic amines) is 1. The Balaban J connectivity index is 2.31. The summed E-state index contributed by atoms with van der Waals surface area (Å²) in [4.78, 5) is 2.72. The summed E-state index contributed by atoms with van der Waals surface area (Å²) in [5, 5.41) is 3.59. The molecule has 1 aliphatic heterocycles. The maximum absolute atomic E-state index is 3.59. The zero-order valence-electron chi connectivity index (χ0n) is 12.4. The van der Waals surface area contributed by atoms with E-state index in [-0.39, 0.29) is 0 Å². The van der Waals surface area contributed by atoms with Crippen LogP contribution in [0.4, 0.5) is 0 Å². The first kappa shape index (κ1) is 15.0. The van der Waals surface area contributed by atoms with Crippen LogP contribution in [-0.4, -0.2) is 37.1 Å². The van der Waals surface area contributed by atoms with Crippen LogP contribution in [0.15, 0.2) is 0 Å². The van der Waals surface area contributed by atoms with Crippen LogP contribution < -0.4 is 5.32 Å². The molecule has 0 bridgehead atoms. The topological polar surface area (TPSA) is 15.3 Å². The van der Waals surface area contributed by atoms with Gasteiger partial charge in [-0.05, 0) is 50.7 Å². The lowest BCUT2D eigenvalue weighted by Gasteiger charge is -2.37. The average Bonchev–Trinajstić information content (AvgIpc) is 2.27. The molecule has 102 valence electrons. The summed E-state index contributed by atoms with van der Waals surface area (Å²) in [7, 11) is 0. The van der Waals surface area contributed by atoms with Crippen molar-refractivity contribution in [3.63, 3.8) is 0 Å². The molecule has 1 fully saturated rings. The third-order valence-corrected chi connectivity index (χ3v) is 3.70. The van der Waals surface area contributed by atoms with E-state index in [1.54, 1.807) is 0 Å². The van der Waals surface area contributed by atoms with E-state index in [1.165, 1.54) is 58.3 Å². The largest absolute Gasteiger partial charge is 0.315 e. The smallest absolute Gasteiger partial charge is 0.0220 e. The molecule has 1 aliphatic rings. The molecule has 1 N–H and O–H groups in total. The van der Waals surface area contributed by atoms with Crippen LogP contribution in [0.5, 0.6) is 0 Å². The van der Waals surface area contributed by atoms with Gasteiger partial charge in [0.25, 0.3) is 0 Å². The Morgan fingerprint density at radius 2 is 2.00 bits per heavy atom. The molecule has 0 radical (unpaired) electrons. The van der Waals surface area contributed by atoms with Gasteiger partial charge >= 0.3 is 0 Å². The van der Waals surface area contributed by atoms with Crippen molar-refractivity contribution in [3.8, 4) is 0 Å². The standard InChI is InChI=1S/C15H32N2/c1-5-10-16-13-14-8-6-7-11-17(14)12-9-15(2,3)4/h14,16H,5-13H2,1-4H3. The van der Waals surface area contributed by atoms with Gasteiger partial charge in [0.1, 0.15) is 0 Å². The highest BCUT2D eigenvalue weighted by Gasteiger charge is 2.23. The second kappa shape index (κ2) is 7.38. The fourth-order valence-electron chi connectivity index (χ4n) is 2.51. The lowest BCUT2D eigenvalue weighted by atomic mass is 9.91. The van der Waals surface area contributed by atoms with Crippen LogP contribution in [0.1, 0.15) is 59.8 Å². The van der Waals surface area contributed by atoms with Crippen LogP contribution in [0, 0.1) is 5.41 Å². The molecule has 17 heavy (non-hydrogen) atoms. The molecule has 1 atom stereocenters. The van der Waals surface area contributed by atoms with Crippen molar-refractivity contribution in [2.45, 2.75) is 65.8 Å². The average molecular weight is 240 g/mol. The van der Waals surface area contributed by atoms with E-state index in [0.29, 0.717) is 5.41 Å². The second-order valence-electron chi connectivity index (χ2n) is 6.70. The van der Waals surface area contributed by atoms with Gasteiger partial charge in [-0.2, -0.15) is 0 Å². The molecule has 1 unspecified atom stereocenters. The SMILES string of the molecule is CCCNCC1CCCCN1CCC(C)(C)C. The summed E-state index contributed by atoms with van der Waals surface area (Å²) in [6.07, 6.45) is 6.77. The summed E-state index contributed by atoms with van der Waals surface area (Å²) >= 11 is 0. The van der Waals surface area contributed by atoms with Gasteiger partial charge in [0.15, 0.2) is 0 Å². The van der Waals surface area contributed by atoms with E-state index in [9.17, 15) is 0 Å². The molecule has 0 amide bonds. The quantitative estimate of drug-likeness (QED) is 0.717. The number of rotatable bonds is 6. The van der Waals surface area contributed by atoms with Crippen molar-refractivity contribution in [2.24, 2.45) is 5.41 Å². The van der Waals surface area contributed by atoms with Crippen LogP contribution in [0.2, 0.25) is 0 Å². The van der Waals surface area contributed by atoms with Crippen LogP contribution in [0.25, 0.3) is 0 Å². The first-order valence-corrected chi connectivity index (χ1v) is 7.47. The summed E-state index contributed by atoms with van der Waals surface area (Å²) in [5.41, 5.74) is 0.471. The Bertz CT molecular complexity index is 196. The van der Waals surface area contributed by atoms with E-state index >= 15 is 0 Å². The van der Waals surface area contributed by atoms with Crippen molar-refractivity contribution in [2.75, 3.05) is 26.2 Å². The fraction of sp³-hybridized carbons (Fsp3) is 1.00. The molecule has 1 rings (SSSR count). The number of hydrogen-bond acceptors (Lipinski definition) is 2. The van der Waals surface area contributed by atoms with Crippen molar-refractivity contribution in [1.82, 2.24) is 10.2 Å². The molecule has 0 aromatic carbocycles. The van der Waals surface area contributed by atoms with Gasteiger partial charge in [-0.25, -0.2) is 0 Å². The fourth-order valence-corrected chi connectivity index (χ4v) is 2.51. The van der Waals surface area contributed by atoms with Gasteiger partial charge in [0.2, 0.25) is 0 Å². The Labute approximate surface area is 108 Å². The van der Waals surface area contributed by atoms with E-state index in [1.807, 2.05) is 0 Å². The predicted octanol–water partition coefficient (Wildman–Crippen LogP) is 3.28. The first-order chi connectivity index (χ1) is 8.03. The van der Waals surface area contributed by atoms with Gasteiger partial charge in [-0.3, -0.25) is 4.90 Å². The summed E-state index contributed by atoms with van der Waals surface area (Å²) < 4.78 is 0. The Hall–Kier alpha value is -0.0800. The maximum atomic E-state index is 3.59. The molecule has 0 saturated carbocycles. The molecular formula is C15H32N2. The third-order valence-electron chi connectivity index (χ3n) is 3.70. The van der Waals surface area contributed by atoms with E-state index in [2.05, 4.69) is 37.9 Å². The highest BCUT2D eigenvalue weighted by molar-refractivity contribution is 4.80. The Morgan fingerprint density at radius 1 is 1.24 bits per heavy atom. The summed E-state index contributed by atoms with van der Waals surface area (Å²) in [6, 6.07) is 0.789. The van der Waals surface area contributed by atoms with Crippen LogP contribution in [-0.2, 0) is 0 Å². The van der Waals surface area contributed by atoms with Gasteiger partial charge in [-0.1, -0.05) is 34.1 Å². The molecule has 0 spiro atoms. The summed E-state index contributed by atoms with van der Waals surface area (Å²) in [6.45, 7) is 14.2. The van der Waals surface area contributed by atoms with Crippen molar-refractivity contribution in [3.05, 3.63) is 0 Å². The Kier molecular flexibility index (Phi) is 6.50. The number of hydrogen-bond donors (Lipinski definition) is 1. The molecule has 2 heteroatoms. The number of nitrogens with zero attached hydrogens (tertiary/aromatic N) is 1. The first-order valence-electron chi connectivity index (χ1n) is 7.47. The van der Waals surface area contributed by atoms with Gasteiger partial charge in [0, 0.05) is 12.6 Å². The van der Waals surface area contributed by atoms with Crippen molar-refractivity contribution in [1.29, 1.82) is 0 Å². The van der Waals surface area contributed by atoms with Gasteiger partial charge in [0.05, 0.1) is 0 Å². The third kappa shape index (κ3) is 6.42. The molecule has 0 aromatic heterocycles. The minimum absolute atomic E-state index is 0.471. The second-order valence-corrected chi connectivity index (χ2v) is 6.70. The normalized spacial score (nSPS) is 22.9. The van der Waals surface area contributed by atoms with E-state index in [0.717, 1.165) is 6.04 Å². The molecular weight excluding hydrogens is 208 g/mol. The summed E-state index contributed by atoms with van der Waals surface area (Å²) in [5.74, 6) is 0. The minimum atomic E-state index is 0.471. The molecule has 1 heterocycles. The van der Waals surface area contributed by atoms with Crippen molar-refractivity contribution < 1.29 is 0 Å². The molecule has 0 aromatic rings.